The van der Waals surface area contributed by atoms with Crippen LogP contribution in [0.4, 0.5) is 0 Å². The van der Waals surface area contributed by atoms with Gasteiger partial charge in [0.25, 0.3) is 0 Å². The van der Waals surface area contributed by atoms with Crippen LogP contribution in [-0.2, 0) is 4.79 Å². The Labute approximate surface area is 118 Å². The van der Waals surface area contributed by atoms with Gasteiger partial charge in [0, 0.05) is 11.8 Å². The fraction of sp³-hybridized carbons (Fsp3) is 0.353. The van der Waals surface area contributed by atoms with Crippen LogP contribution in [-0.4, -0.2) is 5.91 Å². The molecule has 20 heavy (non-hydrogen) atoms. The third kappa shape index (κ3) is 2.77. The maximum atomic E-state index is 12.0. The van der Waals surface area contributed by atoms with E-state index in [-0.39, 0.29) is 11.9 Å². The van der Waals surface area contributed by atoms with Crippen molar-refractivity contribution < 1.29 is 9.21 Å². The molecule has 3 nitrogen and oxygen atoms in total. The number of rotatable bonds is 4. The van der Waals surface area contributed by atoms with Crippen LogP contribution < -0.4 is 5.32 Å². The summed E-state index contributed by atoms with van der Waals surface area (Å²) >= 11 is 0. The van der Waals surface area contributed by atoms with E-state index in [1.807, 2.05) is 37.3 Å². The summed E-state index contributed by atoms with van der Waals surface area (Å²) in [6.07, 6.45) is 7.05. The number of carbonyl (C=O) groups excluding carboxylic acids is 1. The zero-order valence-corrected chi connectivity index (χ0v) is 11.6. The molecule has 0 fully saturated rings. The Kier molecular flexibility index (Phi) is 3.59. The summed E-state index contributed by atoms with van der Waals surface area (Å²) in [5, 5.41) is 4.09. The molecular weight excluding hydrogens is 250 g/mol. The first-order valence-corrected chi connectivity index (χ1v) is 7.17. The Morgan fingerprint density at radius 3 is 3.05 bits per heavy atom. The summed E-state index contributed by atoms with van der Waals surface area (Å²) in [7, 11) is 0. The van der Waals surface area contributed by atoms with Gasteiger partial charge in [0.15, 0.2) is 0 Å². The Morgan fingerprint density at radius 1 is 1.45 bits per heavy atom. The highest BCUT2D eigenvalue weighted by Crippen LogP contribution is 2.24. The number of allylic oxidation sites excluding steroid dienone is 2. The highest BCUT2D eigenvalue weighted by atomic mass is 16.3. The standard InChI is InChI=1S/C17H19NO2/c1-12(18-17(19)10-13-6-2-3-7-13)16-11-14-8-4-5-9-15(14)20-16/h2,4-6,8-9,11-13H,3,7,10H2,1H3,(H,18,19)/t12-,13+/m0/s1. The Hall–Kier alpha value is -2.03. The minimum Gasteiger partial charge on any atom is -0.459 e. The molecule has 2 aromatic rings. The van der Waals surface area contributed by atoms with E-state index in [9.17, 15) is 4.79 Å². The summed E-state index contributed by atoms with van der Waals surface area (Å²) in [6.45, 7) is 1.96. The molecule has 2 atom stereocenters. The monoisotopic (exact) mass is 269 g/mol. The zero-order chi connectivity index (χ0) is 13.9. The summed E-state index contributed by atoms with van der Waals surface area (Å²) in [5.74, 6) is 1.30. The number of nitrogens with one attached hydrogen (secondary N) is 1. The molecule has 1 aliphatic carbocycles. The Balaban J connectivity index is 1.64. The third-order valence-electron chi connectivity index (χ3n) is 3.81. The molecular formula is C17H19NO2. The van der Waals surface area contributed by atoms with E-state index in [0.29, 0.717) is 12.3 Å². The molecule has 1 aromatic carbocycles. The van der Waals surface area contributed by atoms with Gasteiger partial charge >= 0.3 is 0 Å². The fourth-order valence-electron chi connectivity index (χ4n) is 2.69. The summed E-state index contributed by atoms with van der Waals surface area (Å²) in [5.41, 5.74) is 0.863. The van der Waals surface area contributed by atoms with Crippen LogP contribution in [0.3, 0.4) is 0 Å². The molecule has 104 valence electrons. The third-order valence-corrected chi connectivity index (χ3v) is 3.81. The van der Waals surface area contributed by atoms with Gasteiger partial charge in [-0.05, 0) is 37.8 Å². The fourth-order valence-corrected chi connectivity index (χ4v) is 2.69. The summed E-state index contributed by atoms with van der Waals surface area (Å²) in [6, 6.07) is 9.79. The van der Waals surface area contributed by atoms with E-state index >= 15 is 0 Å². The van der Waals surface area contributed by atoms with E-state index in [1.54, 1.807) is 0 Å². The average Bonchev–Trinajstić information content (AvgIpc) is 3.06. The highest BCUT2D eigenvalue weighted by Gasteiger charge is 2.18. The molecule has 3 rings (SSSR count). The second-order valence-corrected chi connectivity index (χ2v) is 5.45. The van der Waals surface area contributed by atoms with Crippen LogP contribution in [0.2, 0.25) is 0 Å². The maximum absolute atomic E-state index is 12.0. The number of amides is 1. The van der Waals surface area contributed by atoms with E-state index in [0.717, 1.165) is 29.6 Å². The van der Waals surface area contributed by atoms with Gasteiger partial charge < -0.3 is 9.73 Å². The molecule has 3 heteroatoms. The zero-order valence-electron chi connectivity index (χ0n) is 11.6. The van der Waals surface area contributed by atoms with Gasteiger partial charge in [0.2, 0.25) is 5.91 Å². The molecule has 0 radical (unpaired) electrons. The van der Waals surface area contributed by atoms with Gasteiger partial charge in [0.05, 0.1) is 6.04 Å². The largest absolute Gasteiger partial charge is 0.459 e. The molecule has 1 aromatic heterocycles. The molecule has 0 spiro atoms. The van der Waals surface area contributed by atoms with Gasteiger partial charge in [-0.1, -0.05) is 30.4 Å². The number of benzene rings is 1. The van der Waals surface area contributed by atoms with E-state index in [4.69, 9.17) is 4.42 Å². The minimum absolute atomic E-state index is 0.0921. The van der Waals surface area contributed by atoms with E-state index in [1.165, 1.54) is 0 Å². The quantitative estimate of drug-likeness (QED) is 0.853. The Morgan fingerprint density at radius 2 is 2.30 bits per heavy atom. The predicted molar refractivity (Wildman–Crippen MR) is 79.3 cm³/mol. The molecule has 0 aliphatic heterocycles. The second-order valence-electron chi connectivity index (χ2n) is 5.45. The van der Waals surface area contributed by atoms with Crippen LogP contribution >= 0.6 is 0 Å². The average molecular weight is 269 g/mol. The number of furan rings is 1. The lowest BCUT2D eigenvalue weighted by molar-refractivity contribution is -0.122. The van der Waals surface area contributed by atoms with Gasteiger partial charge in [0.1, 0.15) is 11.3 Å². The van der Waals surface area contributed by atoms with Crippen LogP contribution in [0, 0.1) is 5.92 Å². The van der Waals surface area contributed by atoms with Crippen LogP contribution in [0.25, 0.3) is 11.0 Å². The molecule has 0 saturated heterocycles. The summed E-state index contributed by atoms with van der Waals surface area (Å²) in [4.78, 5) is 12.0. The van der Waals surface area contributed by atoms with Crippen LogP contribution in [0.15, 0.2) is 46.9 Å². The molecule has 1 N–H and O–H groups in total. The molecule has 1 aliphatic rings. The van der Waals surface area contributed by atoms with Gasteiger partial charge in [-0.15, -0.1) is 0 Å². The normalized spacial score (nSPS) is 19.4. The van der Waals surface area contributed by atoms with Crippen LogP contribution in [0.1, 0.15) is 38.0 Å². The van der Waals surface area contributed by atoms with Crippen molar-refractivity contribution in [3.8, 4) is 0 Å². The van der Waals surface area contributed by atoms with Crippen molar-refractivity contribution in [2.45, 2.75) is 32.2 Å². The first-order chi connectivity index (χ1) is 9.72. The van der Waals surface area contributed by atoms with Crippen LogP contribution in [0.5, 0.6) is 0 Å². The van der Waals surface area contributed by atoms with Crippen molar-refractivity contribution in [3.05, 3.63) is 48.2 Å². The first kappa shape index (κ1) is 13.0. The topological polar surface area (TPSA) is 42.2 Å². The van der Waals surface area contributed by atoms with E-state index in [2.05, 4.69) is 17.5 Å². The van der Waals surface area contributed by atoms with Crippen molar-refractivity contribution in [1.29, 1.82) is 0 Å². The SMILES string of the molecule is C[C@H](NC(=O)C[C@@H]1C=CCC1)c1cc2ccccc2o1. The lowest BCUT2D eigenvalue weighted by Gasteiger charge is -2.13. The number of hydrogen-bond acceptors (Lipinski definition) is 2. The van der Waals surface area contributed by atoms with Crippen molar-refractivity contribution in [2.75, 3.05) is 0 Å². The van der Waals surface area contributed by atoms with E-state index < -0.39 is 0 Å². The summed E-state index contributed by atoms with van der Waals surface area (Å²) < 4.78 is 5.77. The maximum Gasteiger partial charge on any atom is 0.221 e. The molecule has 0 saturated carbocycles. The van der Waals surface area contributed by atoms with Gasteiger partial charge in [-0.2, -0.15) is 0 Å². The number of hydrogen-bond donors (Lipinski definition) is 1. The molecule has 1 amide bonds. The lowest BCUT2D eigenvalue weighted by Crippen LogP contribution is -2.27. The minimum atomic E-state index is -0.0970. The molecule has 1 heterocycles. The van der Waals surface area contributed by atoms with Crippen molar-refractivity contribution in [3.63, 3.8) is 0 Å². The predicted octanol–water partition coefficient (Wildman–Crippen LogP) is 3.97. The first-order valence-electron chi connectivity index (χ1n) is 7.17. The number of fused-ring (bicyclic) bond motifs is 1. The number of para-hydroxylation sites is 1. The van der Waals surface area contributed by atoms with Crippen molar-refractivity contribution in [1.82, 2.24) is 5.32 Å². The van der Waals surface area contributed by atoms with Crippen molar-refractivity contribution in [2.24, 2.45) is 5.92 Å². The van der Waals surface area contributed by atoms with Gasteiger partial charge in [-0.25, -0.2) is 0 Å². The highest BCUT2D eigenvalue weighted by molar-refractivity contribution is 5.79. The smallest absolute Gasteiger partial charge is 0.221 e. The number of carbonyl (C=O) groups is 1. The Bertz CT molecular complexity index is 608. The van der Waals surface area contributed by atoms with Crippen molar-refractivity contribution >= 4 is 16.9 Å². The second kappa shape index (κ2) is 5.53. The lowest BCUT2D eigenvalue weighted by atomic mass is 10.0. The molecule has 0 unspecified atom stereocenters. The van der Waals surface area contributed by atoms with Gasteiger partial charge in [-0.3, -0.25) is 4.79 Å². The molecule has 0 bridgehead atoms.